The molecule has 5 nitrogen and oxygen atoms in total. The number of hydrogen-bond acceptors (Lipinski definition) is 5. The van der Waals surface area contributed by atoms with Gasteiger partial charge in [-0.2, -0.15) is 0 Å². The lowest BCUT2D eigenvalue weighted by atomic mass is 10.1. The number of carbonyl (C=O) groups is 1. The number of nitrogens with one attached hydrogen (secondary N) is 1. The predicted molar refractivity (Wildman–Crippen MR) is 102 cm³/mol. The van der Waals surface area contributed by atoms with Crippen LogP contribution >= 0.6 is 27.7 Å². The van der Waals surface area contributed by atoms with Crippen LogP contribution in [0.5, 0.6) is 0 Å². The number of rotatable bonds is 5. The molecule has 0 saturated heterocycles. The van der Waals surface area contributed by atoms with E-state index in [1.807, 2.05) is 18.2 Å². The maximum Gasteiger partial charge on any atom is 0.276 e. The molecule has 3 rings (SSSR count). The highest BCUT2D eigenvalue weighted by Crippen LogP contribution is 2.22. The van der Waals surface area contributed by atoms with E-state index in [4.69, 9.17) is 4.99 Å². The fraction of sp³-hybridized carbons (Fsp3) is 0.471. The first-order valence-corrected chi connectivity index (χ1v) is 10.1. The lowest BCUT2D eigenvalue weighted by Gasteiger charge is -2.33. The zero-order valence-corrected chi connectivity index (χ0v) is 16.3. The maximum absolute atomic E-state index is 12.7. The molecule has 128 valence electrons. The van der Waals surface area contributed by atoms with Crippen molar-refractivity contribution < 1.29 is 4.79 Å². The van der Waals surface area contributed by atoms with Gasteiger partial charge in [0, 0.05) is 15.4 Å². The van der Waals surface area contributed by atoms with Gasteiger partial charge in [0.05, 0.1) is 5.36 Å². The Balaban J connectivity index is 1.97. The van der Waals surface area contributed by atoms with Crippen LogP contribution in [0.1, 0.15) is 39.5 Å². The van der Waals surface area contributed by atoms with Gasteiger partial charge in [-0.25, -0.2) is 5.01 Å². The number of carbonyl (C=O) groups excluding carboxylic acids is 1. The summed E-state index contributed by atoms with van der Waals surface area (Å²) in [6.45, 7) is 4.24. The van der Waals surface area contributed by atoms with Crippen LogP contribution < -0.4 is 15.9 Å². The average Bonchev–Trinajstić information content (AvgIpc) is 2.57. The number of benzene rings is 1. The molecule has 0 unspecified atom stereocenters. The van der Waals surface area contributed by atoms with Gasteiger partial charge in [0.2, 0.25) is 0 Å². The highest BCUT2D eigenvalue weighted by Gasteiger charge is 2.32. The summed E-state index contributed by atoms with van der Waals surface area (Å²) >= 11 is 5.08. The first kappa shape index (κ1) is 17.5. The Morgan fingerprint density at radius 3 is 2.92 bits per heavy atom. The Morgan fingerprint density at radius 1 is 1.33 bits per heavy atom. The Hall–Kier alpha value is -1.34. The van der Waals surface area contributed by atoms with E-state index >= 15 is 0 Å². The Labute approximate surface area is 154 Å². The molecule has 0 aliphatic carbocycles. The highest BCUT2D eigenvalue weighted by molar-refractivity contribution is 9.10. The first-order chi connectivity index (χ1) is 11.6. The molecule has 0 saturated carbocycles. The van der Waals surface area contributed by atoms with E-state index in [0.717, 1.165) is 33.6 Å². The van der Waals surface area contributed by atoms with Crippen molar-refractivity contribution in [2.24, 2.45) is 10.1 Å². The summed E-state index contributed by atoms with van der Waals surface area (Å²) in [7, 11) is 0. The summed E-state index contributed by atoms with van der Waals surface area (Å²) in [5.74, 6) is 0.863. The van der Waals surface area contributed by atoms with Gasteiger partial charge < -0.3 is 0 Å². The smallest absolute Gasteiger partial charge is 0.276 e. The number of amidine groups is 1. The average molecular weight is 409 g/mol. The topological polar surface area (TPSA) is 57.1 Å². The van der Waals surface area contributed by atoms with Gasteiger partial charge >= 0.3 is 0 Å². The zero-order valence-electron chi connectivity index (χ0n) is 13.9. The van der Waals surface area contributed by atoms with Gasteiger partial charge in [0.25, 0.3) is 5.91 Å². The van der Waals surface area contributed by atoms with Crippen LogP contribution in [0.3, 0.4) is 0 Å². The lowest BCUT2D eigenvalue weighted by Crippen LogP contribution is -2.52. The number of amides is 1. The molecule has 2 aliphatic heterocycles. The quantitative estimate of drug-likeness (QED) is 0.761. The molecule has 0 aromatic heterocycles. The second kappa shape index (κ2) is 7.70. The minimum Gasteiger partial charge on any atom is -0.298 e. The number of unbranched alkanes of at least 4 members (excludes halogenated alkanes) is 2. The summed E-state index contributed by atoms with van der Waals surface area (Å²) in [4.78, 5) is 17.5. The molecule has 0 radical (unpaired) electrons. The Morgan fingerprint density at radius 2 is 2.17 bits per heavy atom. The molecule has 0 bridgehead atoms. The molecule has 1 amide bonds. The third-order valence-corrected chi connectivity index (χ3v) is 5.44. The van der Waals surface area contributed by atoms with Crippen molar-refractivity contribution >= 4 is 44.5 Å². The summed E-state index contributed by atoms with van der Waals surface area (Å²) in [5, 5.41) is 11.7. The van der Waals surface area contributed by atoms with Gasteiger partial charge in [-0.05, 0) is 31.0 Å². The van der Waals surface area contributed by atoms with Crippen molar-refractivity contribution in [3.63, 3.8) is 0 Å². The Kier molecular flexibility index (Phi) is 5.61. The molecule has 7 heteroatoms. The fourth-order valence-electron chi connectivity index (χ4n) is 2.77. The minimum atomic E-state index is -0.133. The molecule has 2 heterocycles. The number of hydrogen-bond donors (Lipinski definition) is 1. The molecule has 2 aliphatic rings. The van der Waals surface area contributed by atoms with Crippen molar-refractivity contribution in [1.82, 2.24) is 10.3 Å². The van der Waals surface area contributed by atoms with Crippen molar-refractivity contribution in [3.8, 4) is 0 Å². The fourth-order valence-corrected chi connectivity index (χ4v) is 3.98. The van der Waals surface area contributed by atoms with Crippen LogP contribution in [-0.2, 0) is 4.79 Å². The van der Waals surface area contributed by atoms with E-state index in [1.54, 1.807) is 16.8 Å². The van der Waals surface area contributed by atoms with Gasteiger partial charge in [-0.1, -0.05) is 54.4 Å². The monoisotopic (exact) mass is 408 g/mol. The second-order valence-corrected chi connectivity index (χ2v) is 7.79. The highest BCUT2D eigenvalue weighted by atomic mass is 79.9. The van der Waals surface area contributed by atoms with Gasteiger partial charge in [-0.3, -0.25) is 15.1 Å². The van der Waals surface area contributed by atoms with E-state index in [2.05, 4.69) is 40.2 Å². The van der Waals surface area contributed by atoms with Crippen molar-refractivity contribution in [2.45, 2.75) is 45.7 Å². The van der Waals surface area contributed by atoms with E-state index in [-0.39, 0.29) is 12.1 Å². The van der Waals surface area contributed by atoms with Gasteiger partial charge in [0.1, 0.15) is 11.9 Å². The first-order valence-electron chi connectivity index (χ1n) is 8.33. The van der Waals surface area contributed by atoms with Crippen LogP contribution in [0, 0.1) is 0 Å². The van der Waals surface area contributed by atoms with Crippen LogP contribution in [0.25, 0.3) is 5.70 Å². The molecule has 0 fully saturated rings. The summed E-state index contributed by atoms with van der Waals surface area (Å²) in [6.07, 6.45) is 4.18. The second-order valence-electron chi connectivity index (χ2n) is 5.79. The third kappa shape index (κ3) is 3.52. The van der Waals surface area contributed by atoms with E-state index < -0.39 is 0 Å². The largest absolute Gasteiger partial charge is 0.298 e. The summed E-state index contributed by atoms with van der Waals surface area (Å²) in [5.41, 5.74) is 0.589. The van der Waals surface area contributed by atoms with Crippen molar-refractivity contribution in [2.75, 3.05) is 5.75 Å². The standard InChI is InChI=1S/C17H21BrN4OS/c1-3-5-6-9-24-17-20-16(23)15-12-10-11(18)7-8-13(12)19-14(4-2)22(15)21-17/h7-8,10,14H,3-6,9H2,1-2H3,(H,20,21,23)/t14-/m0/s1. The van der Waals surface area contributed by atoms with Crippen LogP contribution in [0.2, 0.25) is 0 Å². The molecule has 1 aromatic carbocycles. The molecule has 1 atom stereocenters. The van der Waals surface area contributed by atoms with Gasteiger partial charge in [-0.15, -0.1) is 5.10 Å². The number of hydrazone groups is 1. The SMILES string of the molecule is CCCCCSC1=NN2C(=c3cc(Br)ccc3=N[C@@H]2CC)C(=O)N1. The van der Waals surface area contributed by atoms with Crippen LogP contribution in [0.15, 0.2) is 32.8 Å². The van der Waals surface area contributed by atoms with Gasteiger partial charge in [0.15, 0.2) is 5.17 Å². The molecule has 24 heavy (non-hydrogen) atoms. The number of thioether (sulfide) groups is 1. The molecule has 0 spiro atoms. The van der Waals surface area contributed by atoms with E-state index in [0.29, 0.717) is 10.9 Å². The summed E-state index contributed by atoms with van der Waals surface area (Å²) < 4.78 is 0.926. The van der Waals surface area contributed by atoms with Crippen LogP contribution in [0.4, 0.5) is 0 Å². The molecular weight excluding hydrogens is 388 g/mol. The predicted octanol–water partition coefficient (Wildman–Crippen LogP) is 2.55. The van der Waals surface area contributed by atoms with E-state index in [9.17, 15) is 4.79 Å². The number of halogens is 1. The van der Waals surface area contributed by atoms with Crippen molar-refractivity contribution in [1.29, 1.82) is 0 Å². The minimum absolute atomic E-state index is 0.101. The summed E-state index contributed by atoms with van der Waals surface area (Å²) in [6, 6.07) is 5.82. The van der Waals surface area contributed by atoms with Crippen molar-refractivity contribution in [3.05, 3.63) is 33.2 Å². The lowest BCUT2D eigenvalue weighted by molar-refractivity contribution is -0.116. The molecular formula is C17H21BrN4OS. The maximum atomic E-state index is 12.7. The molecule has 1 N–H and O–H groups in total. The molecule has 1 aromatic rings. The third-order valence-electron chi connectivity index (χ3n) is 4.00. The Bertz CT molecular complexity index is 792. The number of nitrogens with zero attached hydrogens (tertiary/aromatic N) is 3. The van der Waals surface area contributed by atoms with Crippen LogP contribution in [-0.4, -0.2) is 28.0 Å². The number of fused-ring (bicyclic) bond motifs is 2. The normalized spacial score (nSPS) is 19.2. The zero-order chi connectivity index (χ0) is 17.1. The van der Waals surface area contributed by atoms with E-state index in [1.165, 1.54) is 12.8 Å².